The van der Waals surface area contributed by atoms with E-state index in [0.29, 0.717) is 17.4 Å². The predicted octanol–water partition coefficient (Wildman–Crippen LogP) is 24.8. The summed E-state index contributed by atoms with van der Waals surface area (Å²) in [5, 5.41) is 0. The molecule has 0 aromatic rings. The number of esters is 2. The SMILES string of the molecule is CC/C=C\C/C=C\C/C=C\C/C=C\C/C=C\C/C=C\C/C=C\CCCCCCCCCCCCCCCCCCCC(=O)OC(COC(=O)CCCCCCCCCCCCCCCC/C=C\C/C=C\C/C=C\CCCCCCC)COP(=O)([O-])OCC[N+](C)(C)C. The molecule has 0 aliphatic heterocycles. The molecule has 9 nitrogen and oxygen atoms in total. The molecule has 92 heavy (non-hydrogen) atoms. The molecule has 0 aliphatic carbocycles. The van der Waals surface area contributed by atoms with Crippen molar-refractivity contribution in [2.24, 2.45) is 0 Å². The van der Waals surface area contributed by atoms with Crippen LogP contribution in [0.4, 0.5) is 0 Å². The second-order valence-corrected chi connectivity index (χ2v) is 28.0. The van der Waals surface area contributed by atoms with Crippen LogP contribution in [0, 0.1) is 0 Å². The Balaban J connectivity index is 4.00. The van der Waals surface area contributed by atoms with E-state index < -0.39 is 26.5 Å². The lowest BCUT2D eigenvalue weighted by Crippen LogP contribution is -2.37. The van der Waals surface area contributed by atoms with E-state index in [4.69, 9.17) is 18.5 Å². The summed E-state index contributed by atoms with van der Waals surface area (Å²) < 4.78 is 34.4. The van der Waals surface area contributed by atoms with Crippen molar-refractivity contribution in [2.45, 2.75) is 341 Å². The van der Waals surface area contributed by atoms with Crippen LogP contribution in [0.3, 0.4) is 0 Å². The first-order valence-corrected chi connectivity index (χ1v) is 39.7. The maximum Gasteiger partial charge on any atom is 0.306 e. The molecule has 530 valence electrons. The summed E-state index contributed by atoms with van der Waals surface area (Å²) in [4.78, 5) is 38.1. The number of carbonyl (C=O) groups is 2. The summed E-state index contributed by atoms with van der Waals surface area (Å²) in [6.45, 7) is 4.15. The van der Waals surface area contributed by atoms with Crippen molar-refractivity contribution in [1.82, 2.24) is 0 Å². The molecule has 0 spiro atoms. The van der Waals surface area contributed by atoms with E-state index in [2.05, 4.69) is 135 Å². The molecule has 2 unspecified atom stereocenters. The van der Waals surface area contributed by atoms with Crippen LogP contribution in [0.2, 0.25) is 0 Å². The van der Waals surface area contributed by atoms with Gasteiger partial charge >= 0.3 is 11.9 Å². The highest BCUT2D eigenvalue weighted by Gasteiger charge is 2.22. The molecule has 0 saturated carbocycles. The second-order valence-electron chi connectivity index (χ2n) is 26.6. The smallest absolute Gasteiger partial charge is 0.306 e. The summed E-state index contributed by atoms with van der Waals surface area (Å²) in [5.41, 5.74) is 0. The highest BCUT2D eigenvalue weighted by molar-refractivity contribution is 7.45. The molecule has 0 bridgehead atoms. The Hall–Kier alpha value is -3.59. The molecule has 0 radical (unpaired) electrons. The number of hydrogen-bond acceptors (Lipinski definition) is 8. The monoisotopic (exact) mass is 1300 g/mol. The number of carbonyl (C=O) groups excluding carboxylic acids is 2. The third-order valence-corrected chi connectivity index (χ3v) is 17.4. The van der Waals surface area contributed by atoms with Crippen LogP contribution in [0.25, 0.3) is 0 Å². The van der Waals surface area contributed by atoms with Gasteiger partial charge in [0.15, 0.2) is 6.10 Å². The van der Waals surface area contributed by atoms with Gasteiger partial charge in [-0.1, -0.05) is 334 Å². The molecule has 0 heterocycles. The van der Waals surface area contributed by atoms with E-state index in [1.54, 1.807) is 0 Å². The Labute approximate surface area is 568 Å². The summed E-state index contributed by atoms with van der Waals surface area (Å²) >= 11 is 0. The predicted molar refractivity (Wildman–Crippen MR) is 397 cm³/mol. The van der Waals surface area contributed by atoms with Crippen LogP contribution in [-0.2, 0) is 32.7 Å². The lowest BCUT2D eigenvalue weighted by Gasteiger charge is -2.28. The fraction of sp³-hybridized carbons (Fsp3) is 0.732. The number of rotatable bonds is 70. The fourth-order valence-corrected chi connectivity index (χ4v) is 11.4. The Morgan fingerprint density at radius 1 is 0.348 bits per heavy atom. The van der Waals surface area contributed by atoms with Crippen LogP contribution in [-0.4, -0.2) is 70.0 Å². The molecule has 0 rings (SSSR count). The van der Waals surface area contributed by atoms with Gasteiger partial charge in [0.25, 0.3) is 7.82 Å². The van der Waals surface area contributed by atoms with E-state index in [1.165, 1.54) is 205 Å². The third-order valence-electron chi connectivity index (χ3n) is 16.5. The van der Waals surface area contributed by atoms with Crippen molar-refractivity contribution in [1.29, 1.82) is 0 Å². The Bertz CT molecular complexity index is 1970. The molecule has 0 saturated heterocycles. The number of hydrogen-bond donors (Lipinski definition) is 0. The molecule has 2 atom stereocenters. The van der Waals surface area contributed by atoms with E-state index >= 15 is 0 Å². The van der Waals surface area contributed by atoms with E-state index in [0.717, 1.165) is 96.3 Å². The van der Waals surface area contributed by atoms with Gasteiger partial charge in [0, 0.05) is 12.8 Å². The number of allylic oxidation sites excluding steroid dienone is 20. The standard InChI is InChI=1S/C82H144NO8P/c1-6-8-10-12-14-16-18-20-22-24-26-28-30-32-34-36-37-38-39-40-41-42-43-44-45-47-49-51-53-55-57-59-61-63-65-67-69-71-73-75-82(85)91-80(79-90-92(86,87)89-77-76-83(3,4)5)78-88-81(84)74-72-70-68-66-64-62-60-58-56-54-52-50-48-46-35-33-31-29-27-25-23-21-19-17-15-13-11-9-7-2/h8,10,14,16,19-22,25-28,31-34,37-38,40-41,80H,6-7,9,11-13,15,17-18,23-24,29-30,35-36,39,42-79H2,1-5H3/b10-8-,16-14-,21-19-,22-20-,27-25-,28-26-,33-31-,34-32-,38-37-,41-40-. The van der Waals surface area contributed by atoms with Gasteiger partial charge in [-0.2, -0.15) is 0 Å². The zero-order valence-electron chi connectivity index (χ0n) is 60.5. The lowest BCUT2D eigenvalue weighted by atomic mass is 10.0. The molecule has 0 aromatic heterocycles. The number of ether oxygens (including phenoxy) is 2. The van der Waals surface area contributed by atoms with Crippen molar-refractivity contribution in [3.05, 3.63) is 122 Å². The molecule has 0 aromatic carbocycles. The number of phosphoric acid groups is 1. The first kappa shape index (κ1) is 88.4. The number of unbranched alkanes of at least 4 members (excludes halogenated alkanes) is 36. The van der Waals surface area contributed by atoms with Gasteiger partial charge in [-0.25, -0.2) is 0 Å². The molecule has 10 heteroatoms. The summed E-state index contributed by atoms with van der Waals surface area (Å²) in [5.74, 6) is -0.825. The Morgan fingerprint density at radius 3 is 0.924 bits per heavy atom. The van der Waals surface area contributed by atoms with Gasteiger partial charge < -0.3 is 27.9 Å². The van der Waals surface area contributed by atoms with Crippen LogP contribution >= 0.6 is 7.82 Å². The third kappa shape index (κ3) is 75.4. The minimum atomic E-state index is -4.65. The van der Waals surface area contributed by atoms with Crippen molar-refractivity contribution in [3.63, 3.8) is 0 Å². The second kappa shape index (κ2) is 71.7. The Morgan fingerprint density at radius 2 is 0.620 bits per heavy atom. The van der Waals surface area contributed by atoms with Gasteiger partial charge in [0.1, 0.15) is 19.8 Å². The van der Waals surface area contributed by atoms with E-state index in [1.807, 2.05) is 21.1 Å². The first-order valence-electron chi connectivity index (χ1n) is 38.2. The molecule has 0 aliphatic rings. The number of nitrogens with zero attached hydrogens (tertiary/aromatic N) is 1. The summed E-state index contributed by atoms with van der Waals surface area (Å²) in [7, 11) is 1.17. The number of quaternary nitrogens is 1. The van der Waals surface area contributed by atoms with Gasteiger partial charge in [0.2, 0.25) is 0 Å². The lowest BCUT2D eigenvalue weighted by molar-refractivity contribution is -0.870. The topological polar surface area (TPSA) is 111 Å². The fourth-order valence-electron chi connectivity index (χ4n) is 10.6. The quantitative estimate of drug-likeness (QED) is 0.0195. The molecule has 0 amide bonds. The maximum absolute atomic E-state index is 12.9. The molecular formula is C82H144NO8P. The summed E-state index contributed by atoms with van der Waals surface area (Å²) in [6, 6.07) is 0. The highest BCUT2D eigenvalue weighted by Crippen LogP contribution is 2.38. The molecule has 0 N–H and O–H groups in total. The Kier molecular flexibility index (Phi) is 68.9. The van der Waals surface area contributed by atoms with Gasteiger partial charge in [-0.15, -0.1) is 0 Å². The zero-order chi connectivity index (χ0) is 66.9. The van der Waals surface area contributed by atoms with Crippen molar-refractivity contribution >= 4 is 19.8 Å². The average molecular weight is 1300 g/mol. The number of phosphoric ester groups is 1. The van der Waals surface area contributed by atoms with Crippen LogP contribution in [0.1, 0.15) is 335 Å². The van der Waals surface area contributed by atoms with Crippen molar-refractivity contribution in [2.75, 3.05) is 47.5 Å². The van der Waals surface area contributed by atoms with Crippen LogP contribution in [0.15, 0.2) is 122 Å². The van der Waals surface area contributed by atoms with Crippen molar-refractivity contribution in [3.8, 4) is 0 Å². The van der Waals surface area contributed by atoms with Crippen LogP contribution < -0.4 is 4.89 Å². The number of likely N-dealkylation sites (N-methyl/N-ethyl adjacent to an activating group) is 1. The van der Waals surface area contributed by atoms with Crippen molar-refractivity contribution < 1.29 is 42.1 Å². The molecule has 0 fully saturated rings. The van der Waals surface area contributed by atoms with Gasteiger partial charge in [0.05, 0.1) is 27.7 Å². The zero-order valence-corrected chi connectivity index (χ0v) is 61.4. The van der Waals surface area contributed by atoms with Gasteiger partial charge in [-0.05, 0) is 109 Å². The molecular weight excluding hydrogens is 1160 g/mol. The normalized spacial score (nSPS) is 13.8. The first-order chi connectivity index (χ1) is 45.0. The summed E-state index contributed by atoms with van der Waals surface area (Å²) in [6.07, 6.45) is 103. The average Bonchev–Trinajstić information content (AvgIpc) is 2.14. The largest absolute Gasteiger partial charge is 0.756 e. The van der Waals surface area contributed by atoms with Gasteiger partial charge in [-0.3, -0.25) is 14.2 Å². The van der Waals surface area contributed by atoms with E-state index in [-0.39, 0.29) is 32.0 Å². The van der Waals surface area contributed by atoms with Crippen LogP contribution in [0.5, 0.6) is 0 Å². The highest BCUT2D eigenvalue weighted by atomic mass is 31.2. The maximum atomic E-state index is 12.9. The van der Waals surface area contributed by atoms with E-state index in [9.17, 15) is 19.0 Å². The minimum absolute atomic E-state index is 0.0335. The minimum Gasteiger partial charge on any atom is -0.756 e.